The molecule has 0 radical (unpaired) electrons. The van der Waals surface area contributed by atoms with Crippen molar-refractivity contribution < 1.29 is 17.6 Å². The number of carbonyl (C=O) groups excluding carboxylic acids is 1. The van der Waals surface area contributed by atoms with E-state index < -0.39 is 21.7 Å². The Morgan fingerprint density at radius 2 is 1.79 bits per heavy atom. The number of nitrogens with one attached hydrogen (secondary N) is 2. The lowest BCUT2D eigenvalue weighted by atomic mass is 10.2. The van der Waals surface area contributed by atoms with Gasteiger partial charge in [0.1, 0.15) is 10.7 Å². The van der Waals surface area contributed by atoms with Crippen molar-refractivity contribution in [3.63, 3.8) is 0 Å². The number of unbranched alkanes of at least 4 members (excludes halogenated alkanes) is 3. The fraction of sp³-hybridized carbons (Fsp3) is 0.316. The second-order valence-electron chi connectivity index (χ2n) is 6.16. The lowest BCUT2D eigenvalue weighted by Crippen LogP contribution is -2.25. The Labute approximate surface area is 174 Å². The first-order valence-corrected chi connectivity index (χ1v) is 11.0. The van der Waals surface area contributed by atoms with Gasteiger partial charge < -0.3 is 5.32 Å². The third-order valence-corrected chi connectivity index (χ3v) is 6.13. The third kappa shape index (κ3) is 5.83. The Morgan fingerprint density at radius 3 is 2.46 bits per heavy atom. The number of para-hydroxylation sites is 1. The topological polar surface area (TPSA) is 75.3 Å². The molecule has 152 valence electrons. The summed E-state index contributed by atoms with van der Waals surface area (Å²) in [7, 11) is -4.23. The Balaban J connectivity index is 2.24. The summed E-state index contributed by atoms with van der Waals surface area (Å²) in [6.45, 7) is 2.54. The molecule has 2 rings (SSSR count). The Hall–Kier alpha value is -1.83. The van der Waals surface area contributed by atoms with E-state index in [0.717, 1.165) is 37.8 Å². The highest BCUT2D eigenvalue weighted by Gasteiger charge is 2.23. The van der Waals surface area contributed by atoms with Crippen molar-refractivity contribution in [3.05, 3.63) is 57.8 Å². The minimum absolute atomic E-state index is 0.0181. The molecule has 2 N–H and O–H groups in total. The van der Waals surface area contributed by atoms with E-state index in [1.807, 2.05) is 0 Å². The second kappa shape index (κ2) is 10.1. The number of rotatable bonds is 9. The predicted octanol–water partition coefficient (Wildman–Crippen LogP) is 5.24. The zero-order valence-corrected chi connectivity index (χ0v) is 17.6. The quantitative estimate of drug-likeness (QED) is 0.516. The molecule has 0 aliphatic heterocycles. The summed E-state index contributed by atoms with van der Waals surface area (Å²) in [5, 5.41) is 2.57. The molecule has 0 spiro atoms. The molecule has 9 heteroatoms. The molecular weight excluding hydrogens is 426 g/mol. The summed E-state index contributed by atoms with van der Waals surface area (Å²) in [6, 6.07) is 7.60. The first kappa shape index (κ1) is 22.5. The highest BCUT2D eigenvalue weighted by molar-refractivity contribution is 7.92. The van der Waals surface area contributed by atoms with E-state index in [1.165, 1.54) is 24.3 Å². The molecule has 0 unspecified atom stereocenters. The van der Waals surface area contributed by atoms with Crippen LogP contribution in [-0.2, 0) is 10.0 Å². The van der Waals surface area contributed by atoms with Crippen LogP contribution >= 0.6 is 23.2 Å². The SMILES string of the molecule is CCCCCCNC(=O)c1cc(S(=O)(=O)Nc2ccccc2F)c(Cl)cc1Cl. The fourth-order valence-corrected chi connectivity index (χ4v) is 4.43. The number of hydrogen-bond acceptors (Lipinski definition) is 3. The minimum Gasteiger partial charge on any atom is -0.352 e. The number of carbonyl (C=O) groups is 1. The van der Waals surface area contributed by atoms with Crippen LogP contribution in [0.15, 0.2) is 41.3 Å². The van der Waals surface area contributed by atoms with Crippen molar-refractivity contribution in [1.82, 2.24) is 5.32 Å². The van der Waals surface area contributed by atoms with Gasteiger partial charge in [0.15, 0.2) is 0 Å². The molecule has 1 amide bonds. The summed E-state index contributed by atoms with van der Waals surface area (Å²) in [4.78, 5) is 12.0. The normalized spacial score (nSPS) is 11.3. The molecule has 0 bridgehead atoms. The molecule has 28 heavy (non-hydrogen) atoms. The molecule has 0 saturated heterocycles. The minimum atomic E-state index is -4.23. The van der Waals surface area contributed by atoms with Crippen LogP contribution in [0.4, 0.5) is 10.1 Å². The molecule has 2 aromatic carbocycles. The summed E-state index contributed by atoms with van der Waals surface area (Å²) in [6.07, 6.45) is 3.94. The van der Waals surface area contributed by atoms with Gasteiger partial charge >= 0.3 is 0 Å². The smallest absolute Gasteiger partial charge is 0.263 e. The number of anilines is 1. The number of amides is 1. The number of hydrogen-bond donors (Lipinski definition) is 2. The number of sulfonamides is 1. The Kier molecular flexibility index (Phi) is 8.10. The zero-order chi connectivity index (χ0) is 20.7. The van der Waals surface area contributed by atoms with E-state index in [4.69, 9.17) is 23.2 Å². The van der Waals surface area contributed by atoms with Gasteiger partial charge in [0.2, 0.25) is 0 Å². The lowest BCUT2D eigenvalue weighted by molar-refractivity contribution is 0.0953. The summed E-state index contributed by atoms with van der Waals surface area (Å²) in [5.41, 5.74) is -0.245. The van der Waals surface area contributed by atoms with Gasteiger partial charge in [0.05, 0.1) is 21.3 Å². The van der Waals surface area contributed by atoms with Crippen LogP contribution in [0.3, 0.4) is 0 Å². The molecular formula is C19H21Cl2FN2O3S. The van der Waals surface area contributed by atoms with E-state index in [-0.39, 0.29) is 26.2 Å². The van der Waals surface area contributed by atoms with E-state index >= 15 is 0 Å². The molecule has 0 saturated carbocycles. The van der Waals surface area contributed by atoms with Crippen LogP contribution in [0, 0.1) is 5.82 Å². The molecule has 0 heterocycles. The van der Waals surface area contributed by atoms with E-state index in [1.54, 1.807) is 0 Å². The monoisotopic (exact) mass is 446 g/mol. The first-order chi connectivity index (χ1) is 13.3. The predicted molar refractivity (Wildman–Crippen MR) is 110 cm³/mol. The van der Waals surface area contributed by atoms with Crippen molar-refractivity contribution in [2.24, 2.45) is 0 Å². The van der Waals surface area contributed by atoms with E-state index in [0.29, 0.717) is 6.54 Å². The van der Waals surface area contributed by atoms with Crippen LogP contribution < -0.4 is 10.0 Å². The fourth-order valence-electron chi connectivity index (χ4n) is 2.50. The summed E-state index contributed by atoms with van der Waals surface area (Å²) in [5.74, 6) is -1.23. The van der Waals surface area contributed by atoms with Crippen molar-refractivity contribution in [2.45, 2.75) is 37.5 Å². The largest absolute Gasteiger partial charge is 0.352 e. The van der Waals surface area contributed by atoms with Gasteiger partial charge in [-0.3, -0.25) is 9.52 Å². The standard InChI is InChI=1S/C19H21Cl2FN2O3S/c1-2-3-4-7-10-23-19(25)13-11-18(15(21)12-14(13)20)28(26,27)24-17-9-6-5-8-16(17)22/h5-6,8-9,11-12,24H,2-4,7,10H2,1H3,(H,23,25). The molecule has 0 aliphatic rings. The van der Waals surface area contributed by atoms with Crippen LogP contribution in [-0.4, -0.2) is 20.9 Å². The summed E-state index contributed by atoms with van der Waals surface area (Å²) >= 11 is 12.1. The molecule has 2 aromatic rings. The van der Waals surface area contributed by atoms with Gasteiger partial charge in [-0.2, -0.15) is 0 Å². The lowest BCUT2D eigenvalue weighted by Gasteiger charge is -2.13. The van der Waals surface area contributed by atoms with Gasteiger partial charge in [-0.05, 0) is 30.7 Å². The van der Waals surface area contributed by atoms with E-state index in [2.05, 4.69) is 17.0 Å². The van der Waals surface area contributed by atoms with Gasteiger partial charge in [-0.1, -0.05) is 61.5 Å². The highest BCUT2D eigenvalue weighted by Crippen LogP contribution is 2.30. The van der Waals surface area contributed by atoms with Gasteiger partial charge in [0.25, 0.3) is 15.9 Å². The van der Waals surface area contributed by atoms with Gasteiger partial charge in [-0.25, -0.2) is 12.8 Å². The first-order valence-electron chi connectivity index (χ1n) is 8.81. The van der Waals surface area contributed by atoms with Crippen LogP contribution in [0.2, 0.25) is 10.0 Å². The van der Waals surface area contributed by atoms with E-state index in [9.17, 15) is 17.6 Å². The van der Waals surface area contributed by atoms with Crippen molar-refractivity contribution in [2.75, 3.05) is 11.3 Å². The summed E-state index contributed by atoms with van der Waals surface area (Å²) < 4.78 is 41.2. The number of halogens is 3. The van der Waals surface area contributed by atoms with Crippen LogP contribution in [0.25, 0.3) is 0 Å². The average molecular weight is 447 g/mol. The molecule has 0 atom stereocenters. The molecule has 0 aliphatic carbocycles. The molecule has 0 fully saturated rings. The average Bonchev–Trinajstić information content (AvgIpc) is 2.63. The van der Waals surface area contributed by atoms with Gasteiger partial charge in [-0.15, -0.1) is 0 Å². The highest BCUT2D eigenvalue weighted by atomic mass is 35.5. The Bertz CT molecular complexity index is 952. The molecule has 0 aromatic heterocycles. The Morgan fingerprint density at radius 1 is 1.07 bits per heavy atom. The molecule has 5 nitrogen and oxygen atoms in total. The van der Waals surface area contributed by atoms with Crippen molar-refractivity contribution in [1.29, 1.82) is 0 Å². The van der Waals surface area contributed by atoms with Crippen molar-refractivity contribution >= 4 is 44.8 Å². The zero-order valence-electron chi connectivity index (χ0n) is 15.3. The van der Waals surface area contributed by atoms with Crippen LogP contribution in [0.1, 0.15) is 43.0 Å². The maximum Gasteiger partial charge on any atom is 0.263 e. The second-order valence-corrected chi connectivity index (χ2v) is 8.63. The maximum atomic E-state index is 13.8. The van der Waals surface area contributed by atoms with Gasteiger partial charge in [0, 0.05) is 6.54 Å². The third-order valence-electron chi connectivity index (χ3n) is 3.99. The van der Waals surface area contributed by atoms with Crippen LogP contribution in [0.5, 0.6) is 0 Å². The maximum absolute atomic E-state index is 13.8. The van der Waals surface area contributed by atoms with Crippen molar-refractivity contribution in [3.8, 4) is 0 Å². The number of benzene rings is 2.